The number of nitrogens with two attached hydrogens (primary N) is 1. The Morgan fingerprint density at radius 1 is 0.941 bits per heavy atom. The first-order chi connectivity index (χ1) is 16.2. The Morgan fingerprint density at radius 3 is 2.09 bits per heavy atom. The summed E-state index contributed by atoms with van der Waals surface area (Å²) < 4.78 is 70.5. The lowest BCUT2D eigenvalue weighted by molar-refractivity contribution is -0.0473. The van der Waals surface area contributed by atoms with Crippen LogP contribution < -0.4 is 14.4 Å². The number of alkyl halides is 3. The summed E-state index contributed by atoms with van der Waals surface area (Å²) in [5, 5.41) is 0. The zero-order valence-electron chi connectivity index (χ0n) is 18.7. The van der Waals surface area contributed by atoms with Gasteiger partial charge in [0.2, 0.25) is 0 Å². The molecule has 2 aliphatic rings. The molecule has 0 spiro atoms. The maximum Gasteiger partial charge on any atom is 0.550 e. The van der Waals surface area contributed by atoms with Gasteiger partial charge in [0.05, 0.1) is 0 Å². The van der Waals surface area contributed by atoms with Gasteiger partial charge in [-0.15, -0.1) is 3.89 Å². The fraction of sp³-hybridized carbons (Fsp3) is 0.360. The van der Waals surface area contributed by atoms with Gasteiger partial charge in [0, 0.05) is 24.3 Å². The zero-order valence-corrected chi connectivity index (χ0v) is 19.5. The van der Waals surface area contributed by atoms with Crippen LogP contribution in [0.5, 0.6) is 11.5 Å². The van der Waals surface area contributed by atoms with Crippen LogP contribution in [0.1, 0.15) is 43.6 Å². The number of hydrogen-bond donors (Lipinski definition) is 1. The third-order valence-corrected chi connectivity index (χ3v) is 8.41. The van der Waals surface area contributed by atoms with Crippen molar-refractivity contribution in [2.75, 3.05) is 13.1 Å². The molecule has 0 saturated heterocycles. The second-order valence-corrected chi connectivity index (χ2v) is 10.8. The Labute approximate surface area is 198 Å². The number of hydrogen-bond acceptors (Lipinski definition) is 4. The largest absolute Gasteiger partial charge is 0.550 e. The van der Waals surface area contributed by atoms with Crippen molar-refractivity contribution in [3.05, 3.63) is 78.0 Å². The van der Waals surface area contributed by atoms with E-state index >= 15 is 0 Å². The summed E-state index contributed by atoms with van der Waals surface area (Å²) in [4.78, 5) is 0. The lowest BCUT2D eigenvalue weighted by atomic mass is 9.84. The van der Waals surface area contributed by atoms with Crippen LogP contribution in [0.2, 0.25) is 0 Å². The SMILES string of the molecule is NCC1=C[N+](c2ccc(Oc3ccc(C4CCCCC4)cc3)cc2)(S(=O)(=O)C(F)(F)F)CC=C1. The highest BCUT2D eigenvalue weighted by Gasteiger charge is 2.61. The first kappa shape index (κ1) is 24.5. The lowest BCUT2D eigenvalue weighted by Gasteiger charge is -2.34. The van der Waals surface area contributed by atoms with Crippen molar-refractivity contribution < 1.29 is 26.3 Å². The molecule has 0 radical (unpaired) electrons. The molecule has 2 aromatic rings. The molecule has 2 aromatic carbocycles. The minimum atomic E-state index is -5.63. The second-order valence-electron chi connectivity index (χ2n) is 8.71. The summed E-state index contributed by atoms with van der Waals surface area (Å²) in [7, 11) is -5.63. The van der Waals surface area contributed by atoms with Gasteiger partial charge >= 0.3 is 15.5 Å². The Morgan fingerprint density at radius 2 is 1.53 bits per heavy atom. The van der Waals surface area contributed by atoms with E-state index in [9.17, 15) is 21.6 Å². The number of quaternary nitrogens is 1. The highest BCUT2D eigenvalue weighted by atomic mass is 32.2. The predicted molar refractivity (Wildman–Crippen MR) is 127 cm³/mol. The van der Waals surface area contributed by atoms with E-state index in [2.05, 4.69) is 12.1 Å². The van der Waals surface area contributed by atoms with Gasteiger partial charge < -0.3 is 10.5 Å². The van der Waals surface area contributed by atoms with Crippen molar-refractivity contribution in [3.8, 4) is 11.5 Å². The first-order valence-electron chi connectivity index (χ1n) is 11.3. The molecule has 1 atom stereocenters. The van der Waals surface area contributed by atoms with Crippen LogP contribution in [0, 0.1) is 0 Å². The van der Waals surface area contributed by atoms with Crippen molar-refractivity contribution in [3.63, 3.8) is 0 Å². The number of rotatable bonds is 6. The van der Waals surface area contributed by atoms with Gasteiger partial charge in [-0.05, 0) is 54.7 Å². The minimum Gasteiger partial charge on any atom is -0.457 e. The Kier molecular flexibility index (Phi) is 6.89. The molecule has 0 amide bonds. The highest BCUT2D eigenvalue weighted by Crippen LogP contribution is 2.41. The number of benzene rings is 2. The molecule has 1 fully saturated rings. The molecule has 0 bridgehead atoms. The van der Waals surface area contributed by atoms with Crippen molar-refractivity contribution in [2.24, 2.45) is 5.73 Å². The van der Waals surface area contributed by atoms with Crippen LogP contribution in [0.3, 0.4) is 0 Å². The summed E-state index contributed by atoms with van der Waals surface area (Å²) in [5.74, 6) is 1.57. The average molecular weight is 494 g/mol. The molecule has 182 valence electrons. The maximum absolute atomic E-state index is 13.6. The molecule has 1 aliphatic carbocycles. The van der Waals surface area contributed by atoms with E-state index in [1.165, 1.54) is 74.1 Å². The molecule has 1 saturated carbocycles. The summed E-state index contributed by atoms with van der Waals surface area (Å²) in [5.41, 5.74) is 1.70. The normalized spacial score (nSPS) is 21.8. The molecule has 4 rings (SSSR count). The Balaban J connectivity index is 1.59. The lowest BCUT2D eigenvalue weighted by Crippen LogP contribution is -2.56. The second kappa shape index (κ2) is 9.56. The van der Waals surface area contributed by atoms with Crippen LogP contribution in [0.15, 0.2) is 72.5 Å². The van der Waals surface area contributed by atoms with E-state index in [1.54, 1.807) is 0 Å². The van der Waals surface area contributed by atoms with Gasteiger partial charge in [0.1, 0.15) is 24.2 Å². The molecule has 9 heteroatoms. The third kappa shape index (κ3) is 4.64. The predicted octanol–water partition coefficient (Wildman–Crippen LogP) is 6.10. The van der Waals surface area contributed by atoms with Gasteiger partial charge in [0.15, 0.2) is 5.69 Å². The van der Waals surface area contributed by atoms with E-state index in [4.69, 9.17) is 10.5 Å². The van der Waals surface area contributed by atoms with Gasteiger partial charge in [-0.1, -0.05) is 37.5 Å². The van der Waals surface area contributed by atoms with E-state index in [1.807, 2.05) is 12.1 Å². The van der Waals surface area contributed by atoms with Gasteiger partial charge in [-0.3, -0.25) is 0 Å². The Bertz CT molecular complexity index is 1170. The highest BCUT2D eigenvalue weighted by molar-refractivity contribution is 7.91. The van der Waals surface area contributed by atoms with Crippen molar-refractivity contribution >= 4 is 15.7 Å². The fourth-order valence-corrected chi connectivity index (χ4v) is 5.99. The molecule has 1 unspecified atom stereocenters. The van der Waals surface area contributed by atoms with Gasteiger partial charge in [-0.25, -0.2) is 0 Å². The molecule has 2 N–H and O–H groups in total. The monoisotopic (exact) mass is 493 g/mol. The summed E-state index contributed by atoms with van der Waals surface area (Å²) in [6, 6.07) is 13.5. The maximum atomic E-state index is 13.6. The van der Waals surface area contributed by atoms with E-state index < -0.39 is 26.0 Å². The van der Waals surface area contributed by atoms with Crippen LogP contribution in [-0.2, 0) is 10.0 Å². The van der Waals surface area contributed by atoms with Gasteiger partial charge in [-0.2, -0.15) is 21.6 Å². The third-order valence-electron chi connectivity index (χ3n) is 6.51. The van der Waals surface area contributed by atoms with Crippen LogP contribution in [-0.4, -0.2) is 27.0 Å². The van der Waals surface area contributed by atoms with Crippen molar-refractivity contribution in [2.45, 2.75) is 43.5 Å². The number of nitrogens with zero attached hydrogens (tertiary/aromatic N) is 1. The summed E-state index contributed by atoms with van der Waals surface area (Å²) >= 11 is 0. The quantitative estimate of drug-likeness (QED) is 0.494. The standard InChI is InChI=1S/C25H28F3N2O3S/c26-25(27,28)34(31,32)30(16-4-5-19(17-29)18-30)22-10-14-24(15-11-22)33-23-12-8-21(9-13-23)20-6-2-1-3-7-20/h4-5,8-15,18,20H,1-3,6-7,16-17,29H2/q+1. The Hall–Kier alpha value is -2.62. The molecular formula is C25H28F3N2O3S+. The van der Waals surface area contributed by atoms with Crippen LogP contribution in [0.4, 0.5) is 18.9 Å². The van der Waals surface area contributed by atoms with Crippen molar-refractivity contribution in [1.29, 1.82) is 0 Å². The summed E-state index contributed by atoms with van der Waals surface area (Å²) in [6.45, 7) is -0.476. The minimum absolute atomic E-state index is 0.0485. The van der Waals surface area contributed by atoms with Crippen LogP contribution in [0.25, 0.3) is 0 Å². The van der Waals surface area contributed by atoms with E-state index in [0.29, 0.717) is 23.0 Å². The number of halogens is 3. The first-order valence-corrected chi connectivity index (χ1v) is 12.8. The molecule has 1 aliphatic heterocycles. The average Bonchev–Trinajstić information content (AvgIpc) is 2.84. The smallest absolute Gasteiger partial charge is 0.457 e. The molecule has 0 aromatic heterocycles. The zero-order chi connectivity index (χ0) is 24.4. The summed E-state index contributed by atoms with van der Waals surface area (Å²) in [6.07, 6.45) is 10.2. The molecule has 34 heavy (non-hydrogen) atoms. The molecule has 5 nitrogen and oxygen atoms in total. The number of sulfonamides is 1. The topological polar surface area (TPSA) is 69.4 Å². The fourth-order valence-electron chi connectivity index (χ4n) is 4.66. The number of ether oxygens (including phenoxy) is 1. The van der Waals surface area contributed by atoms with Crippen LogP contribution >= 0.6 is 0 Å². The molecule has 1 heterocycles. The van der Waals surface area contributed by atoms with E-state index in [-0.39, 0.29) is 12.2 Å². The van der Waals surface area contributed by atoms with Crippen molar-refractivity contribution in [1.82, 2.24) is 3.89 Å². The van der Waals surface area contributed by atoms with E-state index in [0.717, 1.165) is 6.20 Å². The molecular weight excluding hydrogens is 465 g/mol. The van der Waals surface area contributed by atoms with Gasteiger partial charge in [0.25, 0.3) is 0 Å².